The molecule has 0 aliphatic carbocycles. The lowest BCUT2D eigenvalue weighted by Crippen LogP contribution is -2.10. The van der Waals surface area contributed by atoms with Crippen LogP contribution in [0.2, 0.25) is 0 Å². The number of carbonyl (C=O) groups is 1. The number of carbonyl (C=O) groups excluding carboxylic acids is 1. The highest BCUT2D eigenvalue weighted by atomic mass is 79.9. The van der Waals surface area contributed by atoms with Gasteiger partial charge in [-0.1, -0.05) is 12.1 Å². The van der Waals surface area contributed by atoms with Crippen molar-refractivity contribution in [2.45, 2.75) is 6.92 Å². The van der Waals surface area contributed by atoms with Crippen LogP contribution in [0.25, 0.3) is 11.1 Å². The summed E-state index contributed by atoms with van der Waals surface area (Å²) < 4.78 is 18.8. The van der Waals surface area contributed by atoms with Crippen molar-refractivity contribution in [1.29, 1.82) is 5.26 Å². The molecule has 0 fully saturated rings. The number of nitrogens with zero attached hydrogens (tertiary/aromatic N) is 1. The molecule has 0 aliphatic rings. The van der Waals surface area contributed by atoms with E-state index in [1.54, 1.807) is 18.2 Å². The van der Waals surface area contributed by atoms with Gasteiger partial charge in [-0.2, -0.15) is 5.26 Å². The number of nitrogens with one attached hydrogen (secondary N) is 1. The lowest BCUT2D eigenvalue weighted by molar-refractivity contribution is 0.0996. The lowest BCUT2D eigenvalue weighted by Gasteiger charge is -2.03. The summed E-state index contributed by atoms with van der Waals surface area (Å²) in [6.45, 7) is 1.85. The molecule has 0 spiro atoms. The van der Waals surface area contributed by atoms with Gasteiger partial charge in [0.25, 0.3) is 5.91 Å². The van der Waals surface area contributed by atoms with E-state index in [0.717, 1.165) is 10.4 Å². The molecule has 1 amide bonds. The van der Waals surface area contributed by atoms with Crippen LogP contribution in [0.3, 0.4) is 0 Å². The Balaban J connectivity index is 1.98. The SMILES string of the molecule is Cc1sc(NC(=O)c2ccc(Br)o2)c(C#N)c1-c1ccc(F)cc1. The molecule has 1 N–H and O–H groups in total. The number of nitriles is 1. The average Bonchev–Trinajstić information content (AvgIpc) is 3.11. The van der Waals surface area contributed by atoms with Crippen molar-refractivity contribution in [3.8, 4) is 17.2 Å². The van der Waals surface area contributed by atoms with Crippen LogP contribution in [0.15, 0.2) is 45.5 Å². The molecule has 0 saturated heterocycles. The number of anilines is 1. The van der Waals surface area contributed by atoms with E-state index in [0.29, 0.717) is 20.8 Å². The highest BCUT2D eigenvalue weighted by Gasteiger charge is 2.20. The Hall–Kier alpha value is -2.43. The zero-order chi connectivity index (χ0) is 17.3. The van der Waals surface area contributed by atoms with Gasteiger partial charge in [-0.15, -0.1) is 11.3 Å². The van der Waals surface area contributed by atoms with Gasteiger partial charge in [0.1, 0.15) is 16.9 Å². The first-order chi connectivity index (χ1) is 11.5. The highest BCUT2D eigenvalue weighted by molar-refractivity contribution is 9.10. The van der Waals surface area contributed by atoms with Crippen molar-refractivity contribution in [3.05, 3.63) is 63.1 Å². The number of benzene rings is 1. The zero-order valence-electron chi connectivity index (χ0n) is 12.4. The summed E-state index contributed by atoms with van der Waals surface area (Å²) in [5.74, 6) is -0.647. The summed E-state index contributed by atoms with van der Waals surface area (Å²) in [6, 6.07) is 11.2. The van der Waals surface area contributed by atoms with Crippen molar-refractivity contribution in [2.75, 3.05) is 5.32 Å². The average molecular weight is 405 g/mol. The van der Waals surface area contributed by atoms with Gasteiger partial charge in [0, 0.05) is 10.4 Å². The number of hydrogen-bond donors (Lipinski definition) is 1. The fourth-order valence-corrected chi connectivity index (χ4v) is 3.63. The molecule has 0 aliphatic heterocycles. The molecule has 120 valence electrons. The second-order valence-corrected chi connectivity index (χ2v) is 6.92. The Morgan fingerprint density at radius 1 is 1.29 bits per heavy atom. The van der Waals surface area contributed by atoms with Crippen LogP contribution >= 0.6 is 27.3 Å². The normalized spacial score (nSPS) is 10.4. The van der Waals surface area contributed by atoms with Crippen LogP contribution in [0.5, 0.6) is 0 Å². The fourth-order valence-electron chi connectivity index (χ4n) is 2.30. The van der Waals surface area contributed by atoms with Gasteiger partial charge in [0.05, 0.1) is 5.56 Å². The molecule has 3 aromatic rings. The van der Waals surface area contributed by atoms with Crippen molar-refractivity contribution < 1.29 is 13.6 Å². The molecule has 24 heavy (non-hydrogen) atoms. The maximum atomic E-state index is 13.1. The molecule has 3 rings (SSSR count). The standard InChI is InChI=1S/C17H10BrFN2O2S/c1-9-15(10-2-4-11(19)5-3-10)12(8-20)17(24-9)21-16(22)13-6-7-14(18)23-13/h2-7H,1H3,(H,21,22). The Morgan fingerprint density at radius 3 is 2.58 bits per heavy atom. The van der Waals surface area contributed by atoms with Crippen LogP contribution in [0, 0.1) is 24.1 Å². The van der Waals surface area contributed by atoms with Crippen LogP contribution < -0.4 is 5.32 Å². The Morgan fingerprint density at radius 2 is 2.00 bits per heavy atom. The third-order valence-corrected chi connectivity index (χ3v) is 4.80. The minimum atomic E-state index is -0.441. The summed E-state index contributed by atoms with van der Waals surface area (Å²) in [6.07, 6.45) is 0. The molecule has 1 aromatic carbocycles. The van der Waals surface area contributed by atoms with Crippen LogP contribution in [0.1, 0.15) is 21.0 Å². The molecular weight excluding hydrogens is 395 g/mol. The van der Waals surface area contributed by atoms with Gasteiger partial charge in [-0.05, 0) is 52.7 Å². The summed E-state index contributed by atoms with van der Waals surface area (Å²) >= 11 is 4.43. The minimum absolute atomic E-state index is 0.139. The van der Waals surface area contributed by atoms with Crippen LogP contribution in [-0.4, -0.2) is 5.91 Å². The predicted octanol–water partition coefficient (Wildman–Crippen LogP) is 5.34. The predicted molar refractivity (Wildman–Crippen MR) is 93.5 cm³/mol. The number of hydrogen-bond acceptors (Lipinski definition) is 4. The first-order valence-corrected chi connectivity index (χ1v) is 8.46. The molecule has 0 atom stereocenters. The zero-order valence-corrected chi connectivity index (χ0v) is 14.8. The van der Waals surface area contributed by atoms with Crippen molar-refractivity contribution >= 4 is 38.2 Å². The summed E-state index contributed by atoms with van der Waals surface area (Å²) in [7, 11) is 0. The number of rotatable bonds is 3. The smallest absolute Gasteiger partial charge is 0.292 e. The molecule has 2 aromatic heterocycles. The van der Waals surface area contributed by atoms with Gasteiger partial charge in [0.15, 0.2) is 10.4 Å². The molecule has 0 bridgehead atoms. The molecule has 0 unspecified atom stereocenters. The summed E-state index contributed by atoms with van der Waals surface area (Å²) in [5.41, 5.74) is 1.77. The van der Waals surface area contributed by atoms with Crippen LogP contribution in [-0.2, 0) is 0 Å². The van der Waals surface area contributed by atoms with E-state index in [2.05, 4.69) is 27.3 Å². The molecular formula is C17H10BrFN2O2S. The van der Waals surface area contributed by atoms with E-state index in [1.165, 1.54) is 29.5 Å². The van der Waals surface area contributed by atoms with Crippen LogP contribution in [0.4, 0.5) is 9.39 Å². The maximum Gasteiger partial charge on any atom is 0.292 e. The van der Waals surface area contributed by atoms with E-state index < -0.39 is 5.91 Å². The van der Waals surface area contributed by atoms with E-state index in [1.807, 2.05) is 6.92 Å². The first-order valence-electron chi connectivity index (χ1n) is 6.85. The van der Waals surface area contributed by atoms with Gasteiger partial charge < -0.3 is 9.73 Å². The third kappa shape index (κ3) is 3.11. The van der Waals surface area contributed by atoms with Gasteiger partial charge >= 0.3 is 0 Å². The topological polar surface area (TPSA) is 66.0 Å². The van der Waals surface area contributed by atoms with Crippen molar-refractivity contribution in [1.82, 2.24) is 0 Å². The monoisotopic (exact) mass is 404 g/mol. The molecule has 0 saturated carbocycles. The number of furan rings is 1. The number of thiophene rings is 1. The molecule has 0 radical (unpaired) electrons. The second-order valence-electron chi connectivity index (χ2n) is 4.91. The minimum Gasteiger partial charge on any atom is -0.444 e. The summed E-state index contributed by atoms with van der Waals surface area (Å²) in [4.78, 5) is 13.1. The van der Waals surface area contributed by atoms with E-state index >= 15 is 0 Å². The van der Waals surface area contributed by atoms with Gasteiger partial charge in [0.2, 0.25) is 0 Å². The quantitative estimate of drug-likeness (QED) is 0.640. The van der Waals surface area contributed by atoms with Gasteiger partial charge in [-0.25, -0.2) is 4.39 Å². The first kappa shape index (κ1) is 16.4. The second kappa shape index (κ2) is 6.59. The Labute approximate surface area is 149 Å². The molecule has 4 nitrogen and oxygen atoms in total. The Kier molecular flexibility index (Phi) is 4.51. The Bertz CT molecular complexity index is 954. The molecule has 2 heterocycles. The van der Waals surface area contributed by atoms with Crippen molar-refractivity contribution in [3.63, 3.8) is 0 Å². The fraction of sp³-hybridized carbons (Fsp3) is 0.0588. The van der Waals surface area contributed by atoms with Gasteiger partial charge in [-0.3, -0.25) is 4.79 Å². The highest BCUT2D eigenvalue weighted by Crippen LogP contribution is 2.39. The maximum absolute atomic E-state index is 13.1. The number of amides is 1. The third-order valence-electron chi connectivity index (χ3n) is 3.35. The summed E-state index contributed by atoms with van der Waals surface area (Å²) in [5, 5.41) is 12.7. The van der Waals surface area contributed by atoms with E-state index in [9.17, 15) is 14.4 Å². The molecule has 7 heteroatoms. The number of halogens is 2. The van der Waals surface area contributed by atoms with Crippen molar-refractivity contribution in [2.24, 2.45) is 0 Å². The largest absolute Gasteiger partial charge is 0.444 e. The van der Waals surface area contributed by atoms with E-state index in [4.69, 9.17) is 4.42 Å². The number of aryl methyl sites for hydroxylation is 1. The van der Waals surface area contributed by atoms with E-state index in [-0.39, 0.29) is 11.6 Å². The lowest BCUT2D eigenvalue weighted by atomic mass is 10.0.